The van der Waals surface area contributed by atoms with Crippen LogP contribution in [0.2, 0.25) is 0 Å². The summed E-state index contributed by atoms with van der Waals surface area (Å²) in [6.45, 7) is 0.755. The molecule has 1 saturated heterocycles. The summed E-state index contributed by atoms with van der Waals surface area (Å²) in [6.07, 6.45) is 6.17. The molecule has 66 valence electrons. The third-order valence-corrected chi connectivity index (χ3v) is 2.00. The van der Waals surface area contributed by atoms with Gasteiger partial charge in [0.1, 0.15) is 0 Å². The number of hydrogen-bond donors (Lipinski definition) is 1. The first kappa shape index (κ1) is 7.98. The van der Waals surface area contributed by atoms with E-state index in [1.54, 1.807) is 12.4 Å². The van der Waals surface area contributed by atoms with Gasteiger partial charge < -0.3 is 5.32 Å². The van der Waals surface area contributed by atoms with Gasteiger partial charge >= 0.3 is 0 Å². The SMILES string of the molecule is O=C1NCC/C1=C\c1cccnc1. The third kappa shape index (κ3) is 1.75. The first-order chi connectivity index (χ1) is 6.36. The zero-order valence-electron chi connectivity index (χ0n) is 7.16. The number of carbonyl (C=O) groups excluding carboxylic acids is 1. The van der Waals surface area contributed by atoms with Gasteiger partial charge in [-0.15, -0.1) is 0 Å². The van der Waals surface area contributed by atoms with Crippen molar-refractivity contribution in [3.63, 3.8) is 0 Å². The molecule has 2 heterocycles. The molecule has 1 N–H and O–H groups in total. The van der Waals surface area contributed by atoms with Crippen molar-refractivity contribution >= 4 is 12.0 Å². The molecule has 0 saturated carbocycles. The van der Waals surface area contributed by atoms with E-state index in [2.05, 4.69) is 10.3 Å². The van der Waals surface area contributed by atoms with E-state index in [9.17, 15) is 4.79 Å². The smallest absolute Gasteiger partial charge is 0.247 e. The lowest BCUT2D eigenvalue weighted by molar-refractivity contribution is -0.116. The van der Waals surface area contributed by atoms with Gasteiger partial charge in [0.25, 0.3) is 0 Å². The minimum Gasteiger partial charge on any atom is -0.352 e. The van der Waals surface area contributed by atoms with Gasteiger partial charge in [0.2, 0.25) is 5.91 Å². The van der Waals surface area contributed by atoms with Crippen molar-refractivity contribution in [2.75, 3.05) is 6.54 Å². The molecule has 0 unspecified atom stereocenters. The Morgan fingerprint density at radius 1 is 1.54 bits per heavy atom. The molecule has 0 spiro atoms. The van der Waals surface area contributed by atoms with E-state index >= 15 is 0 Å². The average molecular weight is 174 g/mol. The molecular formula is C10H10N2O. The molecule has 2 rings (SSSR count). The molecule has 3 nitrogen and oxygen atoms in total. The van der Waals surface area contributed by atoms with Crippen LogP contribution < -0.4 is 5.32 Å². The highest BCUT2D eigenvalue weighted by atomic mass is 16.1. The van der Waals surface area contributed by atoms with Crippen LogP contribution in [0.15, 0.2) is 30.1 Å². The number of nitrogens with zero attached hydrogens (tertiary/aromatic N) is 1. The van der Waals surface area contributed by atoms with Crippen LogP contribution in [0.4, 0.5) is 0 Å². The molecule has 0 aliphatic carbocycles. The quantitative estimate of drug-likeness (QED) is 0.645. The second-order valence-electron chi connectivity index (χ2n) is 2.96. The molecule has 1 aliphatic rings. The second kappa shape index (κ2) is 3.39. The summed E-state index contributed by atoms with van der Waals surface area (Å²) in [5.41, 5.74) is 1.82. The van der Waals surface area contributed by atoms with Gasteiger partial charge in [-0.1, -0.05) is 6.07 Å². The van der Waals surface area contributed by atoms with Crippen molar-refractivity contribution in [3.05, 3.63) is 35.7 Å². The molecule has 0 radical (unpaired) electrons. The summed E-state index contributed by atoms with van der Waals surface area (Å²) >= 11 is 0. The monoisotopic (exact) mass is 174 g/mol. The Morgan fingerprint density at radius 2 is 2.46 bits per heavy atom. The standard InChI is InChI=1S/C10H10N2O/c13-10-9(3-5-12-10)6-8-2-1-4-11-7-8/h1-2,4,6-7H,3,5H2,(H,12,13)/b9-6+. The Hall–Kier alpha value is -1.64. The number of rotatable bonds is 1. The predicted octanol–water partition coefficient (Wildman–Crippen LogP) is 0.985. The zero-order chi connectivity index (χ0) is 9.10. The van der Waals surface area contributed by atoms with E-state index in [0.29, 0.717) is 0 Å². The lowest BCUT2D eigenvalue weighted by Gasteiger charge is -1.93. The molecule has 3 heteroatoms. The number of carbonyl (C=O) groups is 1. The Labute approximate surface area is 76.5 Å². The summed E-state index contributed by atoms with van der Waals surface area (Å²) < 4.78 is 0. The van der Waals surface area contributed by atoms with Crippen LogP contribution in [0.3, 0.4) is 0 Å². The van der Waals surface area contributed by atoms with Crippen LogP contribution >= 0.6 is 0 Å². The predicted molar refractivity (Wildman–Crippen MR) is 49.8 cm³/mol. The van der Waals surface area contributed by atoms with Crippen molar-refractivity contribution in [3.8, 4) is 0 Å². The third-order valence-electron chi connectivity index (χ3n) is 2.00. The van der Waals surface area contributed by atoms with Gasteiger partial charge in [0.15, 0.2) is 0 Å². The molecule has 1 amide bonds. The van der Waals surface area contributed by atoms with Crippen LogP contribution in [0.1, 0.15) is 12.0 Å². The van der Waals surface area contributed by atoms with Gasteiger partial charge in [-0.05, 0) is 24.1 Å². The Morgan fingerprint density at radius 3 is 3.08 bits per heavy atom. The Bertz CT molecular complexity index is 343. The molecule has 0 bridgehead atoms. The Kier molecular flexibility index (Phi) is 2.08. The fraction of sp³-hybridized carbons (Fsp3) is 0.200. The fourth-order valence-corrected chi connectivity index (χ4v) is 1.34. The van der Waals surface area contributed by atoms with E-state index in [4.69, 9.17) is 0 Å². The summed E-state index contributed by atoms with van der Waals surface area (Å²) in [5.74, 6) is 0.0452. The summed E-state index contributed by atoms with van der Waals surface area (Å²) in [4.78, 5) is 15.2. The van der Waals surface area contributed by atoms with E-state index < -0.39 is 0 Å². The van der Waals surface area contributed by atoms with Crippen LogP contribution in [0, 0.1) is 0 Å². The number of pyridine rings is 1. The topological polar surface area (TPSA) is 42.0 Å². The number of hydrogen-bond acceptors (Lipinski definition) is 2. The van der Waals surface area contributed by atoms with Crippen LogP contribution in [-0.4, -0.2) is 17.4 Å². The van der Waals surface area contributed by atoms with E-state index in [0.717, 1.165) is 24.1 Å². The average Bonchev–Trinajstić information content (AvgIpc) is 2.54. The highest BCUT2D eigenvalue weighted by molar-refractivity contribution is 5.99. The maximum Gasteiger partial charge on any atom is 0.247 e. The van der Waals surface area contributed by atoms with Crippen LogP contribution in [-0.2, 0) is 4.79 Å². The molecule has 1 aromatic rings. The molecular weight excluding hydrogens is 164 g/mol. The van der Waals surface area contributed by atoms with Crippen LogP contribution in [0.25, 0.3) is 6.08 Å². The van der Waals surface area contributed by atoms with Crippen molar-refractivity contribution in [2.24, 2.45) is 0 Å². The van der Waals surface area contributed by atoms with Crippen LogP contribution in [0.5, 0.6) is 0 Å². The van der Waals surface area contributed by atoms with Gasteiger partial charge in [-0.2, -0.15) is 0 Å². The molecule has 1 aliphatic heterocycles. The lowest BCUT2D eigenvalue weighted by atomic mass is 10.1. The second-order valence-corrected chi connectivity index (χ2v) is 2.96. The van der Waals surface area contributed by atoms with Crippen molar-refractivity contribution in [1.29, 1.82) is 0 Å². The van der Waals surface area contributed by atoms with E-state index in [-0.39, 0.29) is 5.91 Å². The highest BCUT2D eigenvalue weighted by Gasteiger charge is 2.15. The fourth-order valence-electron chi connectivity index (χ4n) is 1.34. The molecule has 0 atom stereocenters. The number of nitrogens with one attached hydrogen (secondary N) is 1. The minimum absolute atomic E-state index is 0.0452. The highest BCUT2D eigenvalue weighted by Crippen LogP contribution is 2.12. The molecule has 1 fully saturated rings. The number of amides is 1. The van der Waals surface area contributed by atoms with Crippen molar-refractivity contribution in [1.82, 2.24) is 10.3 Å². The largest absolute Gasteiger partial charge is 0.352 e. The van der Waals surface area contributed by atoms with Crippen molar-refractivity contribution in [2.45, 2.75) is 6.42 Å². The van der Waals surface area contributed by atoms with E-state index in [1.807, 2.05) is 18.2 Å². The first-order valence-corrected chi connectivity index (χ1v) is 4.25. The van der Waals surface area contributed by atoms with E-state index in [1.165, 1.54) is 0 Å². The number of aromatic nitrogens is 1. The maximum absolute atomic E-state index is 11.2. The van der Waals surface area contributed by atoms with Gasteiger partial charge in [0, 0.05) is 24.5 Å². The first-order valence-electron chi connectivity index (χ1n) is 4.25. The van der Waals surface area contributed by atoms with Gasteiger partial charge in [0.05, 0.1) is 0 Å². The molecule has 1 aromatic heterocycles. The Balaban J connectivity index is 2.25. The molecule has 13 heavy (non-hydrogen) atoms. The zero-order valence-corrected chi connectivity index (χ0v) is 7.16. The van der Waals surface area contributed by atoms with Gasteiger partial charge in [-0.3, -0.25) is 9.78 Å². The lowest BCUT2D eigenvalue weighted by Crippen LogP contribution is -2.13. The normalized spacial score (nSPS) is 19.1. The van der Waals surface area contributed by atoms with Gasteiger partial charge in [-0.25, -0.2) is 0 Å². The minimum atomic E-state index is 0.0452. The summed E-state index contributed by atoms with van der Waals surface area (Å²) in [7, 11) is 0. The maximum atomic E-state index is 11.2. The molecule has 0 aromatic carbocycles. The van der Waals surface area contributed by atoms with Crippen molar-refractivity contribution < 1.29 is 4.79 Å². The summed E-state index contributed by atoms with van der Waals surface area (Å²) in [5, 5.41) is 2.76. The summed E-state index contributed by atoms with van der Waals surface area (Å²) in [6, 6.07) is 3.80.